The number of carbonyl (C=O) groups is 4. The van der Waals surface area contributed by atoms with E-state index in [-0.39, 0.29) is 51.8 Å². The first kappa shape index (κ1) is 24.1. The lowest BCUT2D eigenvalue weighted by Crippen LogP contribution is -2.32. The molecule has 2 aliphatic carbocycles. The Labute approximate surface area is 207 Å². The summed E-state index contributed by atoms with van der Waals surface area (Å²) in [6.07, 6.45) is 0.189. The number of anilines is 2. The molecule has 0 radical (unpaired) electrons. The summed E-state index contributed by atoms with van der Waals surface area (Å²) in [5.41, 5.74) is -0.871. The molecule has 1 aliphatic heterocycles. The van der Waals surface area contributed by atoms with Gasteiger partial charge in [-0.15, -0.1) is 0 Å². The molecule has 0 unspecified atom stereocenters. The number of hydrogen-bond acceptors (Lipinski definition) is 5. The number of allylic oxidation sites excluding steroid dienone is 2. The first-order chi connectivity index (χ1) is 17.0. The van der Waals surface area contributed by atoms with E-state index >= 15 is 0 Å². The number of amides is 3. The van der Waals surface area contributed by atoms with E-state index in [2.05, 4.69) is 5.32 Å². The molecule has 3 aliphatic rings. The Balaban J connectivity index is 1.20. The number of imide groups is 1. The van der Waals surface area contributed by atoms with Crippen LogP contribution in [0, 0.1) is 23.7 Å². The summed E-state index contributed by atoms with van der Waals surface area (Å²) in [4.78, 5) is 51.4. The van der Waals surface area contributed by atoms with Crippen molar-refractivity contribution in [1.29, 1.82) is 0 Å². The highest BCUT2D eigenvalue weighted by molar-refractivity contribution is 6.33. The Bertz CT molecular complexity index is 1280. The first-order valence-electron chi connectivity index (χ1n) is 11.0. The largest absolute Gasteiger partial charge is 0.452 e. The van der Waals surface area contributed by atoms with Gasteiger partial charge in [0.25, 0.3) is 5.91 Å². The van der Waals surface area contributed by atoms with Gasteiger partial charge in [-0.2, -0.15) is 13.2 Å². The van der Waals surface area contributed by atoms with Crippen LogP contribution < -0.4 is 10.2 Å². The van der Waals surface area contributed by atoms with Crippen molar-refractivity contribution < 1.29 is 37.1 Å². The van der Waals surface area contributed by atoms with Crippen molar-refractivity contribution in [1.82, 2.24) is 0 Å². The second kappa shape index (κ2) is 8.77. The van der Waals surface area contributed by atoms with Gasteiger partial charge in [-0.25, -0.2) is 4.79 Å². The van der Waals surface area contributed by atoms with Gasteiger partial charge in [-0.05, 0) is 60.7 Å². The number of rotatable bonds is 5. The summed E-state index contributed by atoms with van der Waals surface area (Å²) in [5.74, 6) is -2.79. The molecule has 2 aromatic carbocycles. The van der Waals surface area contributed by atoms with E-state index in [1.54, 1.807) is 0 Å². The zero-order valence-electron chi connectivity index (χ0n) is 18.4. The van der Waals surface area contributed by atoms with E-state index in [0.717, 1.165) is 23.5 Å². The monoisotopic (exact) mass is 518 g/mol. The molecule has 0 aromatic heterocycles. The lowest BCUT2D eigenvalue weighted by atomic mass is 9.85. The van der Waals surface area contributed by atoms with Crippen molar-refractivity contribution in [2.24, 2.45) is 23.7 Å². The topological polar surface area (TPSA) is 92.8 Å². The third-order valence-electron chi connectivity index (χ3n) is 6.73. The summed E-state index contributed by atoms with van der Waals surface area (Å²) in [5, 5.41) is 2.07. The van der Waals surface area contributed by atoms with Gasteiger partial charge in [0.1, 0.15) is 0 Å². The van der Waals surface area contributed by atoms with Crippen molar-refractivity contribution in [2.75, 3.05) is 16.8 Å². The van der Waals surface area contributed by atoms with Crippen LogP contribution in [0.4, 0.5) is 24.5 Å². The molecule has 5 rings (SSSR count). The summed E-state index contributed by atoms with van der Waals surface area (Å²) in [6, 6.07) is 8.08. The second-order valence-corrected chi connectivity index (χ2v) is 9.28. The number of benzene rings is 2. The van der Waals surface area contributed by atoms with Crippen molar-refractivity contribution in [3.63, 3.8) is 0 Å². The molecule has 0 spiro atoms. The molecule has 1 saturated heterocycles. The number of nitrogens with zero attached hydrogens (tertiary/aromatic N) is 1. The Morgan fingerprint density at radius 1 is 1.00 bits per heavy atom. The number of nitrogens with one attached hydrogen (secondary N) is 1. The number of hydrogen-bond donors (Lipinski definition) is 1. The molecule has 4 atom stereocenters. The number of carbonyl (C=O) groups excluding carboxylic acids is 4. The third kappa shape index (κ3) is 4.15. The predicted octanol–water partition coefficient (Wildman–Crippen LogP) is 4.47. The smallest absolute Gasteiger partial charge is 0.416 e. The average Bonchev–Trinajstić information content (AvgIpc) is 3.52. The molecule has 1 N–H and O–H groups in total. The van der Waals surface area contributed by atoms with Crippen LogP contribution in [0.25, 0.3) is 0 Å². The number of ether oxygens (including phenoxy) is 1. The third-order valence-corrected chi connectivity index (χ3v) is 7.06. The van der Waals surface area contributed by atoms with E-state index in [0.29, 0.717) is 11.8 Å². The van der Waals surface area contributed by atoms with Crippen LogP contribution in [0.5, 0.6) is 0 Å². The zero-order valence-corrected chi connectivity index (χ0v) is 19.2. The van der Waals surface area contributed by atoms with Crippen molar-refractivity contribution in [3.8, 4) is 0 Å². The van der Waals surface area contributed by atoms with Gasteiger partial charge < -0.3 is 10.1 Å². The van der Waals surface area contributed by atoms with E-state index in [9.17, 15) is 32.3 Å². The SMILES string of the molecule is O=C(COC(=O)c1ccc(N2C(=O)[C@@H]3[C@@H](C2=O)[C@H]2C=C[C@H]3C2)cc1)Nc1cc(C(F)(F)F)ccc1Cl. The molecule has 11 heteroatoms. The fraction of sp³-hybridized carbons (Fsp3) is 0.280. The lowest BCUT2D eigenvalue weighted by molar-refractivity contribution is -0.137. The predicted molar refractivity (Wildman–Crippen MR) is 122 cm³/mol. The molecule has 36 heavy (non-hydrogen) atoms. The Kier molecular flexibility index (Phi) is 5.86. The van der Waals surface area contributed by atoms with Gasteiger partial charge in [0.15, 0.2) is 6.61 Å². The van der Waals surface area contributed by atoms with Crippen molar-refractivity contribution in [2.45, 2.75) is 12.6 Å². The Morgan fingerprint density at radius 3 is 2.19 bits per heavy atom. The molecule has 1 saturated carbocycles. The van der Waals surface area contributed by atoms with Gasteiger partial charge in [-0.1, -0.05) is 23.8 Å². The van der Waals surface area contributed by atoms with Crippen LogP contribution in [-0.4, -0.2) is 30.3 Å². The van der Waals surface area contributed by atoms with Crippen molar-refractivity contribution >= 4 is 46.7 Å². The molecule has 186 valence electrons. The minimum Gasteiger partial charge on any atom is -0.452 e. The standard InChI is InChI=1S/C25H18ClF3N2O5/c26-17-8-5-15(25(27,28)29)10-18(17)30-19(32)11-36-24(35)12-3-6-16(7-4-12)31-22(33)20-13-1-2-14(9-13)21(20)23(31)34/h1-8,10,13-14,20-21H,9,11H2,(H,30,32)/t13-,14-,20-,21-/m0/s1. The van der Waals surface area contributed by atoms with Gasteiger partial charge in [0, 0.05) is 0 Å². The van der Waals surface area contributed by atoms with Crippen molar-refractivity contribution in [3.05, 3.63) is 70.8 Å². The number of alkyl halides is 3. The molecule has 7 nitrogen and oxygen atoms in total. The maximum Gasteiger partial charge on any atom is 0.416 e. The highest BCUT2D eigenvalue weighted by Gasteiger charge is 2.59. The van der Waals surface area contributed by atoms with Crippen LogP contribution in [0.1, 0.15) is 22.3 Å². The van der Waals surface area contributed by atoms with E-state index < -0.39 is 30.2 Å². The van der Waals surface area contributed by atoms with Gasteiger partial charge >= 0.3 is 12.1 Å². The Hall–Kier alpha value is -3.66. The summed E-state index contributed by atoms with van der Waals surface area (Å²) < 4.78 is 43.6. The summed E-state index contributed by atoms with van der Waals surface area (Å²) in [6.45, 7) is -0.768. The van der Waals surface area contributed by atoms with E-state index in [4.69, 9.17) is 16.3 Å². The summed E-state index contributed by atoms with van der Waals surface area (Å²) >= 11 is 5.84. The number of fused-ring (bicyclic) bond motifs is 5. The fourth-order valence-corrected chi connectivity index (χ4v) is 5.27. The van der Waals surface area contributed by atoms with E-state index in [1.165, 1.54) is 24.3 Å². The minimum atomic E-state index is -4.62. The number of esters is 1. The highest BCUT2D eigenvalue weighted by atomic mass is 35.5. The van der Waals surface area contributed by atoms with Crippen LogP contribution in [-0.2, 0) is 25.3 Å². The second-order valence-electron chi connectivity index (χ2n) is 8.88. The minimum absolute atomic E-state index is 0.0599. The first-order valence-corrected chi connectivity index (χ1v) is 11.4. The van der Waals surface area contributed by atoms with Crippen LogP contribution in [0.15, 0.2) is 54.6 Å². The molecular formula is C25H18ClF3N2O5. The molecule has 2 aromatic rings. The molecular weight excluding hydrogens is 501 g/mol. The maximum absolute atomic E-state index is 12.9. The quantitative estimate of drug-likeness (QED) is 0.358. The fourth-order valence-electron chi connectivity index (χ4n) is 5.10. The molecule has 3 amide bonds. The molecule has 2 fully saturated rings. The van der Waals surface area contributed by atoms with Crippen LogP contribution >= 0.6 is 11.6 Å². The average molecular weight is 519 g/mol. The molecule has 2 bridgehead atoms. The van der Waals surface area contributed by atoms with Gasteiger partial charge in [0.05, 0.1) is 39.4 Å². The molecule has 1 heterocycles. The highest BCUT2D eigenvalue weighted by Crippen LogP contribution is 2.53. The van der Waals surface area contributed by atoms with Crippen LogP contribution in [0.2, 0.25) is 5.02 Å². The Morgan fingerprint density at radius 2 is 1.61 bits per heavy atom. The summed E-state index contributed by atoms with van der Waals surface area (Å²) in [7, 11) is 0. The zero-order chi connectivity index (χ0) is 25.8. The maximum atomic E-state index is 12.9. The van der Waals surface area contributed by atoms with Crippen LogP contribution in [0.3, 0.4) is 0 Å². The lowest BCUT2D eigenvalue weighted by Gasteiger charge is -2.17. The normalized spacial score (nSPS) is 24.3. The van der Waals surface area contributed by atoms with E-state index in [1.807, 2.05) is 12.2 Å². The van der Waals surface area contributed by atoms with Gasteiger partial charge in [0.2, 0.25) is 11.8 Å². The number of halogens is 4. The van der Waals surface area contributed by atoms with Gasteiger partial charge in [-0.3, -0.25) is 19.3 Å².